The van der Waals surface area contributed by atoms with Gasteiger partial charge in [-0.1, -0.05) is 13.8 Å². The maximum absolute atomic E-state index is 11.6. The van der Waals surface area contributed by atoms with Crippen molar-refractivity contribution in [2.75, 3.05) is 31.6 Å². The van der Waals surface area contributed by atoms with E-state index in [1.54, 1.807) is 6.26 Å². The maximum Gasteiger partial charge on any atom is 0.0527 e. The standard InChI is InChI=1S/C9H20N2OS/c1-4-13(3,12)11-7-9-6-10-5-8(9)2/h8-10H,4-7H2,1-3H3. The molecule has 0 aromatic heterocycles. The number of nitrogens with one attached hydrogen (secondary N) is 1. The minimum absolute atomic E-state index is 0.590. The van der Waals surface area contributed by atoms with Gasteiger partial charge in [0.15, 0.2) is 0 Å². The summed E-state index contributed by atoms with van der Waals surface area (Å²) in [5.41, 5.74) is 0. The van der Waals surface area contributed by atoms with Crippen molar-refractivity contribution in [3.05, 3.63) is 0 Å². The Labute approximate surface area is 81.5 Å². The topological polar surface area (TPSA) is 41.5 Å². The van der Waals surface area contributed by atoms with Crippen LogP contribution in [0.25, 0.3) is 0 Å². The Hall–Kier alpha value is -0.0900. The van der Waals surface area contributed by atoms with Crippen LogP contribution in [-0.2, 0) is 9.73 Å². The highest BCUT2D eigenvalue weighted by molar-refractivity contribution is 7.92. The van der Waals surface area contributed by atoms with E-state index in [-0.39, 0.29) is 0 Å². The van der Waals surface area contributed by atoms with Crippen molar-refractivity contribution in [1.82, 2.24) is 5.32 Å². The van der Waals surface area contributed by atoms with E-state index < -0.39 is 9.73 Å². The largest absolute Gasteiger partial charge is 0.316 e. The smallest absolute Gasteiger partial charge is 0.0527 e. The summed E-state index contributed by atoms with van der Waals surface area (Å²) in [7, 11) is -1.88. The number of nitrogens with zero attached hydrogens (tertiary/aromatic N) is 1. The molecule has 13 heavy (non-hydrogen) atoms. The monoisotopic (exact) mass is 204 g/mol. The van der Waals surface area contributed by atoms with Crippen LogP contribution in [0.1, 0.15) is 13.8 Å². The van der Waals surface area contributed by atoms with Gasteiger partial charge in [-0.2, -0.15) is 0 Å². The van der Waals surface area contributed by atoms with Crippen molar-refractivity contribution in [3.8, 4) is 0 Å². The normalized spacial score (nSPS) is 32.8. The van der Waals surface area contributed by atoms with Gasteiger partial charge >= 0.3 is 0 Å². The lowest BCUT2D eigenvalue weighted by molar-refractivity contribution is 0.465. The molecule has 4 heteroatoms. The molecule has 0 aromatic carbocycles. The highest BCUT2D eigenvalue weighted by Crippen LogP contribution is 2.16. The number of rotatable bonds is 3. The SMILES string of the molecule is CCS(C)(=O)=NCC1CNCC1C. The summed E-state index contributed by atoms with van der Waals surface area (Å²) in [6.45, 7) is 7.03. The van der Waals surface area contributed by atoms with E-state index >= 15 is 0 Å². The molecule has 0 aromatic rings. The quantitative estimate of drug-likeness (QED) is 0.744. The van der Waals surface area contributed by atoms with E-state index in [1.807, 2.05) is 6.92 Å². The van der Waals surface area contributed by atoms with E-state index in [1.165, 1.54) is 0 Å². The molecule has 0 amide bonds. The fourth-order valence-corrected chi connectivity index (χ4v) is 2.14. The van der Waals surface area contributed by atoms with Crippen molar-refractivity contribution >= 4 is 9.73 Å². The molecule has 3 nitrogen and oxygen atoms in total. The molecule has 0 aliphatic carbocycles. The first-order chi connectivity index (χ1) is 6.05. The van der Waals surface area contributed by atoms with Crippen LogP contribution in [0, 0.1) is 11.8 Å². The summed E-state index contributed by atoms with van der Waals surface area (Å²) < 4.78 is 15.9. The van der Waals surface area contributed by atoms with Gasteiger partial charge in [-0.15, -0.1) is 0 Å². The molecule has 0 bridgehead atoms. The number of hydrogen-bond acceptors (Lipinski definition) is 3. The van der Waals surface area contributed by atoms with E-state index in [2.05, 4.69) is 16.6 Å². The van der Waals surface area contributed by atoms with Crippen LogP contribution in [-0.4, -0.2) is 35.9 Å². The third kappa shape index (κ3) is 3.27. The van der Waals surface area contributed by atoms with Crippen LogP contribution in [0.3, 0.4) is 0 Å². The van der Waals surface area contributed by atoms with Crippen LogP contribution in [0.5, 0.6) is 0 Å². The molecule has 1 N–H and O–H groups in total. The molecule has 0 spiro atoms. The molecule has 1 saturated heterocycles. The van der Waals surface area contributed by atoms with Crippen LogP contribution in [0.15, 0.2) is 4.36 Å². The van der Waals surface area contributed by atoms with Crippen molar-refractivity contribution in [1.29, 1.82) is 0 Å². The molecule has 1 aliphatic heterocycles. The Bertz CT molecular complexity index is 269. The second-order valence-electron chi connectivity index (χ2n) is 3.96. The summed E-state index contributed by atoms with van der Waals surface area (Å²) in [5, 5.41) is 3.32. The predicted octanol–water partition coefficient (Wildman–Crippen LogP) is 0.960. The third-order valence-electron chi connectivity index (χ3n) is 2.80. The summed E-state index contributed by atoms with van der Waals surface area (Å²) in [6.07, 6.45) is 1.75. The molecule has 1 heterocycles. The van der Waals surface area contributed by atoms with E-state index in [0.29, 0.717) is 17.6 Å². The summed E-state index contributed by atoms with van der Waals surface area (Å²) in [6, 6.07) is 0. The van der Waals surface area contributed by atoms with Crippen LogP contribution >= 0.6 is 0 Å². The molecule has 0 saturated carbocycles. The van der Waals surface area contributed by atoms with Crippen LogP contribution < -0.4 is 5.32 Å². The molecule has 1 rings (SSSR count). The van der Waals surface area contributed by atoms with Gasteiger partial charge < -0.3 is 5.32 Å². The molecule has 3 atom stereocenters. The van der Waals surface area contributed by atoms with Crippen molar-refractivity contribution in [3.63, 3.8) is 0 Å². The Morgan fingerprint density at radius 1 is 1.54 bits per heavy atom. The maximum atomic E-state index is 11.6. The highest BCUT2D eigenvalue weighted by atomic mass is 32.2. The molecular weight excluding hydrogens is 184 g/mol. The Balaban J connectivity index is 2.50. The number of hydrogen-bond donors (Lipinski definition) is 1. The lowest BCUT2D eigenvalue weighted by atomic mass is 9.99. The summed E-state index contributed by atoms with van der Waals surface area (Å²) in [4.78, 5) is 0. The fraction of sp³-hybridized carbons (Fsp3) is 1.00. The van der Waals surface area contributed by atoms with E-state index in [4.69, 9.17) is 0 Å². The van der Waals surface area contributed by atoms with Crippen molar-refractivity contribution in [2.24, 2.45) is 16.2 Å². The first-order valence-corrected chi connectivity index (χ1v) is 7.00. The summed E-state index contributed by atoms with van der Waals surface area (Å²) >= 11 is 0. The van der Waals surface area contributed by atoms with Crippen LogP contribution in [0.4, 0.5) is 0 Å². The van der Waals surface area contributed by atoms with Crippen molar-refractivity contribution in [2.45, 2.75) is 13.8 Å². The Morgan fingerprint density at radius 2 is 2.23 bits per heavy atom. The first-order valence-electron chi connectivity index (χ1n) is 4.91. The van der Waals surface area contributed by atoms with Gasteiger partial charge in [0, 0.05) is 28.3 Å². The highest BCUT2D eigenvalue weighted by Gasteiger charge is 2.22. The minimum Gasteiger partial charge on any atom is -0.316 e. The van der Waals surface area contributed by atoms with Gasteiger partial charge in [0.2, 0.25) is 0 Å². The molecule has 1 fully saturated rings. The second kappa shape index (κ2) is 4.42. The van der Waals surface area contributed by atoms with Gasteiger partial charge in [-0.05, 0) is 18.4 Å². The fourth-order valence-electron chi connectivity index (χ4n) is 1.45. The molecule has 1 aliphatic rings. The van der Waals surface area contributed by atoms with Gasteiger partial charge in [0.25, 0.3) is 0 Å². The predicted molar refractivity (Wildman–Crippen MR) is 57.4 cm³/mol. The zero-order valence-corrected chi connectivity index (χ0v) is 9.56. The molecule has 78 valence electrons. The average Bonchev–Trinajstić information content (AvgIpc) is 2.48. The van der Waals surface area contributed by atoms with Gasteiger partial charge in [-0.25, -0.2) is 4.36 Å². The minimum atomic E-state index is -1.88. The van der Waals surface area contributed by atoms with Gasteiger partial charge in [0.05, 0.1) is 6.54 Å². The molecule has 3 unspecified atom stereocenters. The first kappa shape index (κ1) is 11.0. The van der Waals surface area contributed by atoms with Gasteiger partial charge in [0.1, 0.15) is 0 Å². The second-order valence-corrected chi connectivity index (χ2v) is 6.71. The van der Waals surface area contributed by atoms with Crippen molar-refractivity contribution < 1.29 is 4.21 Å². The average molecular weight is 204 g/mol. The summed E-state index contributed by atoms with van der Waals surface area (Å²) in [5.74, 6) is 1.93. The Kier molecular flexibility index (Phi) is 3.74. The zero-order chi connectivity index (χ0) is 9.90. The Morgan fingerprint density at radius 3 is 2.69 bits per heavy atom. The lowest BCUT2D eigenvalue weighted by Gasteiger charge is -2.11. The van der Waals surface area contributed by atoms with E-state index in [0.717, 1.165) is 19.6 Å². The van der Waals surface area contributed by atoms with Gasteiger partial charge in [-0.3, -0.25) is 4.21 Å². The lowest BCUT2D eigenvalue weighted by Crippen LogP contribution is -2.15. The molecule has 0 radical (unpaired) electrons. The molecular formula is C9H20N2OS. The van der Waals surface area contributed by atoms with E-state index in [9.17, 15) is 4.21 Å². The zero-order valence-electron chi connectivity index (χ0n) is 8.75. The third-order valence-corrected chi connectivity index (χ3v) is 4.56. The van der Waals surface area contributed by atoms with Crippen LogP contribution in [0.2, 0.25) is 0 Å².